The molecule has 0 aliphatic carbocycles. The highest BCUT2D eigenvalue weighted by atomic mass is 19.1. The van der Waals surface area contributed by atoms with Crippen LogP contribution >= 0.6 is 0 Å². The molecule has 4 heterocycles. The van der Waals surface area contributed by atoms with Crippen LogP contribution < -0.4 is 10.6 Å². The fourth-order valence-electron chi connectivity index (χ4n) is 4.12. The van der Waals surface area contributed by atoms with Crippen molar-refractivity contribution in [2.75, 3.05) is 25.1 Å². The Labute approximate surface area is 185 Å². The summed E-state index contributed by atoms with van der Waals surface area (Å²) in [6.45, 7) is 3.66. The maximum atomic E-state index is 14.2. The molecule has 3 aromatic rings. The lowest BCUT2D eigenvalue weighted by molar-refractivity contribution is 0.0947. The molecular formula is C25H23FN4O2. The number of ether oxygens (including phenoxy) is 1. The number of carbonyl (C=O) groups excluding carboxylic acids is 1. The smallest absolute Gasteiger partial charge is 0.255 e. The maximum Gasteiger partial charge on any atom is 0.255 e. The quantitative estimate of drug-likeness (QED) is 0.550. The minimum Gasteiger partial charge on any atom is -0.380 e. The summed E-state index contributed by atoms with van der Waals surface area (Å²) in [6.07, 6.45) is 5.04. The van der Waals surface area contributed by atoms with E-state index in [0.717, 1.165) is 35.5 Å². The molecule has 3 N–H and O–H groups in total. The predicted molar refractivity (Wildman–Crippen MR) is 120 cm³/mol. The highest BCUT2D eigenvalue weighted by molar-refractivity contribution is 6.06. The fraction of sp³-hybridized carbons (Fsp3) is 0.280. The van der Waals surface area contributed by atoms with E-state index in [1.807, 2.05) is 6.07 Å². The number of halogens is 1. The first-order chi connectivity index (χ1) is 15.6. The van der Waals surface area contributed by atoms with Crippen LogP contribution in [0.2, 0.25) is 0 Å². The average Bonchev–Trinajstić information content (AvgIpc) is 3.44. The van der Waals surface area contributed by atoms with Crippen molar-refractivity contribution < 1.29 is 13.9 Å². The van der Waals surface area contributed by atoms with Crippen LogP contribution in [0.1, 0.15) is 33.6 Å². The van der Waals surface area contributed by atoms with Gasteiger partial charge < -0.3 is 20.4 Å². The number of nitrogens with one attached hydrogen (secondary N) is 3. The Morgan fingerprint density at radius 2 is 2.22 bits per heavy atom. The van der Waals surface area contributed by atoms with E-state index in [2.05, 4.69) is 32.4 Å². The first-order valence-electron chi connectivity index (χ1n) is 10.7. The van der Waals surface area contributed by atoms with Crippen molar-refractivity contribution in [2.45, 2.75) is 19.8 Å². The Balaban J connectivity index is 1.64. The van der Waals surface area contributed by atoms with Crippen molar-refractivity contribution >= 4 is 17.3 Å². The highest BCUT2D eigenvalue weighted by Gasteiger charge is 2.28. The van der Waals surface area contributed by atoms with Gasteiger partial charge in [-0.3, -0.25) is 9.78 Å². The molecule has 1 amide bonds. The molecule has 5 rings (SSSR count). The Kier molecular flexibility index (Phi) is 5.38. The van der Waals surface area contributed by atoms with Gasteiger partial charge >= 0.3 is 0 Å². The van der Waals surface area contributed by atoms with Crippen molar-refractivity contribution in [3.63, 3.8) is 0 Å². The largest absolute Gasteiger partial charge is 0.380 e. The maximum absolute atomic E-state index is 14.2. The van der Waals surface area contributed by atoms with Crippen LogP contribution in [0.4, 0.5) is 15.8 Å². The van der Waals surface area contributed by atoms with Gasteiger partial charge in [0.25, 0.3) is 5.91 Å². The fourth-order valence-corrected chi connectivity index (χ4v) is 4.12. The Bertz CT molecular complexity index is 1250. The molecule has 0 bridgehead atoms. The van der Waals surface area contributed by atoms with Crippen LogP contribution in [0.25, 0.3) is 11.3 Å². The van der Waals surface area contributed by atoms with Gasteiger partial charge in [0.2, 0.25) is 0 Å². The molecule has 6 nitrogen and oxygen atoms in total. The third-order valence-corrected chi connectivity index (χ3v) is 5.92. The number of nitrogens with zero attached hydrogens (tertiary/aromatic N) is 1. The summed E-state index contributed by atoms with van der Waals surface area (Å²) in [5.41, 5.74) is 5.45. The molecule has 1 atom stereocenters. The molecule has 1 unspecified atom stereocenters. The standard InChI is InChI=1S/C25H23FN4O2/c1-15-19(26)3-2-4-20(15)29-24-22-21(8-11-28-25(22)31)30-23(24)18-7-10-27-13-17(18)6-5-16-9-12-32-14-16/h2-4,7,10,13,16,29-30H,8-9,11-12,14H2,1H3,(H,28,31). The third-order valence-electron chi connectivity index (χ3n) is 5.92. The van der Waals surface area contributed by atoms with E-state index < -0.39 is 0 Å². The summed E-state index contributed by atoms with van der Waals surface area (Å²) in [7, 11) is 0. The zero-order chi connectivity index (χ0) is 22.1. The number of amides is 1. The van der Waals surface area contributed by atoms with Gasteiger partial charge in [-0.05, 0) is 31.5 Å². The predicted octanol–water partition coefficient (Wildman–Crippen LogP) is 3.94. The molecule has 0 spiro atoms. The summed E-state index contributed by atoms with van der Waals surface area (Å²) in [5.74, 6) is 6.29. The van der Waals surface area contributed by atoms with Gasteiger partial charge in [-0.25, -0.2) is 4.39 Å². The van der Waals surface area contributed by atoms with Gasteiger partial charge in [0.1, 0.15) is 5.82 Å². The van der Waals surface area contributed by atoms with Crippen molar-refractivity contribution in [3.8, 4) is 23.1 Å². The number of benzene rings is 1. The molecular weight excluding hydrogens is 407 g/mol. The van der Waals surface area contributed by atoms with E-state index in [0.29, 0.717) is 42.1 Å². The van der Waals surface area contributed by atoms with E-state index in [1.165, 1.54) is 6.07 Å². The number of aromatic nitrogens is 2. The Morgan fingerprint density at radius 3 is 3.06 bits per heavy atom. The SMILES string of the molecule is Cc1c(F)cccc1Nc1c(-c2ccncc2C#CC2CCOC2)[nH]c2c1C(=O)NCC2. The van der Waals surface area contributed by atoms with E-state index in [1.54, 1.807) is 31.5 Å². The van der Waals surface area contributed by atoms with E-state index in [-0.39, 0.29) is 17.6 Å². The first-order valence-corrected chi connectivity index (χ1v) is 10.7. The molecule has 1 aromatic carbocycles. The zero-order valence-corrected chi connectivity index (χ0v) is 17.7. The minimum atomic E-state index is -0.306. The molecule has 2 aliphatic heterocycles. The molecule has 2 aromatic heterocycles. The van der Waals surface area contributed by atoms with Gasteiger partial charge in [0.15, 0.2) is 0 Å². The van der Waals surface area contributed by atoms with Crippen LogP contribution in [0.3, 0.4) is 0 Å². The number of hydrogen-bond acceptors (Lipinski definition) is 4. The number of rotatable bonds is 3. The van der Waals surface area contributed by atoms with Gasteiger partial charge in [0.05, 0.1) is 29.1 Å². The van der Waals surface area contributed by atoms with Crippen molar-refractivity contribution in [1.29, 1.82) is 0 Å². The van der Waals surface area contributed by atoms with Crippen LogP contribution in [0, 0.1) is 30.5 Å². The van der Waals surface area contributed by atoms with E-state index in [4.69, 9.17) is 4.74 Å². The lowest BCUT2D eigenvalue weighted by atomic mass is 10.0. The second-order valence-electron chi connectivity index (χ2n) is 8.02. The number of hydrogen-bond donors (Lipinski definition) is 3. The number of aromatic amines is 1. The van der Waals surface area contributed by atoms with Crippen LogP contribution in [-0.4, -0.2) is 35.6 Å². The summed E-state index contributed by atoms with van der Waals surface area (Å²) < 4.78 is 19.6. The van der Waals surface area contributed by atoms with Gasteiger partial charge in [0, 0.05) is 60.4 Å². The third kappa shape index (κ3) is 3.74. The topological polar surface area (TPSA) is 79.0 Å². The number of fused-ring (bicyclic) bond motifs is 1. The Morgan fingerprint density at radius 1 is 1.31 bits per heavy atom. The molecule has 0 saturated carbocycles. The lowest BCUT2D eigenvalue weighted by Gasteiger charge is -2.16. The van der Waals surface area contributed by atoms with E-state index in [9.17, 15) is 9.18 Å². The molecule has 0 radical (unpaired) electrons. The lowest BCUT2D eigenvalue weighted by Crippen LogP contribution is -2.31. The second kappa shape index (κ2) is 8.48. The molecule has 7 heteroatoms. The van der Waals surface area contributed by atoms with Gasteiger partial charge in [-0.1, -0.05) is 17.9 Å². The monoisotopic (exact) mass is 430 g/mol. The second-order valence-corrected chi connectivity index (χ2v) is 8.02. The number of H-pyrrole nitrogens is 1. The van der Waals surface area contributed by atoms with Crippen LogP contribution in [0.5, 0.6) is 0 Å². The molecule has 2 aliphatic rings. The van der Waals surface area contributed by atoms with Crippen LogP contribution in [0.15, 0.2) is 36.7 Å². The summed E-state index contributed by atoms with van der Waals surface area (Å²) >= 11 is 0. The van der Waals surface area contributed by atoms with Crippen molar-refractivity contribution in [1.82, 2.24) is 15.3 Å². The summed E-state index contributed by atoms with van der Waals surface area (Å²) in [4.78, 5) is 20.5. The first kappa shape index (κ1) is 20.3. The number of anilines is 2. The number of carbonyl (C=O) groups is 1. The summed E-state index contributed by atoms with van der Waals surface area (Å²) in [5, 5.41) is 6.23. The zero-order valence-electron chi connectivity index (χ0n) is 17.7. The number of pyridine rings is 1. The average molecular weight is 430 g/mol. The highest BCUT2D eigenvalue weighted by Crippen LogP contribution is 2.38. The summed E-state index contributed by atoms with van der Waals surface area (Å²) in [6, 6.07) is 6.75. The van der Waals surface area contributed by atoms with Gasteiger partial charge in [-0.15, -0.1) is 0 Å². The van der Waals surface area contributed by atoms with Crippen molar-refractivity contribution in [2.24, 2.45) is 5.92 Å². The molecule has 1 fully saturated rings. The van der Waals surface area contributed by atoms with Gasteiger partial charge in [-0.2, -0.15) is 0 Å². The molecule has 162 valence electrons. The minimum absolute atomic E-state index is 0.157. The Hall–Kier alpha value is -3.63. The van der Waals surface area contributed by atoms with E-state index >= 15 is 0 Å². The van der Waals surface area contributed by atoms with Crippen LogP contribution in [-0.2, 0) is 11.2 Å². The molecule has 1 saturated heterocycles. The normalized spacial score (nSPS) is 17.3. The van der Waals surface area contributed by atoms with Crippen molar-refractivity contribution in [3.05, 3.63) is 64.9 Å². The molecule has 32 heavy (non-hydrogen) atoms.